The summed E-state index contributed by atoms with van der Waals surface area (Å²) in [6.07, 6.45) is 8.67. The lowest BCUT2D eigenvalue weighted by molar-refractivity contribution is -0.132. The summed E-state index contributed by atoms with van der Waals surface area (Å²) in [5, 5.41) is 5.20. The molecule has 0 aromatic carbocycles. The average molecular weight is 414 g/mol. The van der Waals surface area contributed by atoms with Crippen molar-refractivity contribution in [2.24, 2.45) is 0 Å². The van der Waals surface area contributed by atoms with E-state index in [2.05, 4.69) is 20.2 Å². The standard InChI is InChI=1S/C21H27N5O2S/c27-19(12-16-4-3-7-22-14-16)24-21-23-17(15-29-21)13-20(28)26-10-5-18(6-11-26)25-8-1-2-9-25/h3-4,7,14-15,18H,1-2,5-6,8-13H2,(H,23,24,27). The number of carbonyl (C=O) groups is 2. The maximum absolute atomic E-state index is 12.7. The third-order valence-electron chi connectivity index (χ3n) is 5.69. The summed E-state index contributed by atoms with van der Waals surface area (Å²) >= 11 is 1.36. The molecule has 2 aromatic rings. The molecule has 0 radical (unpaired) electrons. The fourth-order valence-corrected chi connectivity index (χ4v) is 4.88. The van der Waals surface area contributed by atoms with Crippen LogP contribution in [0.4, 0.5) is 5.13 Å². The Labute approximate surface area is 175 Å². The van der Waals surface area contributed by atoms with E-state index in [1.165, 1.54) is 37.3 Å². The molecule has 0 atom stereocenters. The number of amides is 2. The highest BCUT2D eigenvalue weighted by molar-refractivity contribution is 7.13. The number of hydrogen-bond donors (Lipinski definition) is 1. The van der Waals surface area contributed by atoms with Gasteiger partial charge in [-0.25, -0.2) is 4.98 Å². The summed E-state index contributed by atoms with van der Waals surface area (Å²) in [5.74, 6) is -0.00220. The second-order valence-electron chi connectivity index (χ2n) is 7.76. The van der Waals surface area contributed by atoms with Crippen LogP contribution >= 0.6 is 11.3 Å². The molecule has 2 amide bonds. The van der Waals surface area contributed by atoms with Crippen molar-refractivity contribution in [1.29, 1.82) is 0 Å². The van der Waals surface area contributed by atoms with Gasteiger partial charge in [0.2, 0.25) is 11.8 Å². The van der Waals surface area contributed by atoms with Gasteiger partial charge in [-0.3, -0.25) is 14.6 Å². The van der Waals surface area contributed by atoms with E-state index in [1.807, 2.05) is 22.4 Å². The number of pyridine rings is 1. The Kier molecular flexibility index (Phi) is 6.51. The number of rotatable bonds is 6. The molecule has 7 nitrogen and oxygen atoms in total. The fourth-order valence-electron chi connectivity index (χ4n) is 4.15. The number of carbonyl (C=O) groups excluding carboxylic acids is 2. The average Bonchev–Trinajstić information content (AvgIpc) is 3.41. The summed E-state index contributed by atoms with van der Waals surface area (Å²) in [5.41, 5.74) is 1.58. The van der Waals surface area contributed by atoms with Crippen LogP contribution in [-0.2, 0) is 22.4 Å². The molecule has 0 bridgehead atoms. The first-order valence-electron chi connectivity index (χ1n) is 10.3. The van der Waals surface area contributed by atoms with Crippen LogP contribution in [0.1, 0.15) is 36.9 Å². The minimum Gasteiger partial charge on any atom is -0.342 e. The van der Waals surface area contributed by atoms with E-state index < -0.39 is 0 Å². The molecule has 4 rings (SSSR count). The number of anilines is 1. The van der Waals surface area contributed by atoms with Crippen molar-refractivity contribution >= 4 is 28.3 Å². The van der Waals surface area contributed by atoms with Gasteiger partial charge < -0.3 is 15.1 Å². The van der Waals surface area contributed by atoms with Gasteiger partial charge in [0.15, 0.2) is 5.13 Å². The van der Waals surface area contributed by atoms with Gasteiger partial charge in [0, 0.05) is 36.9 Å². The van der Waals surface area contributed by atoms with Crippen LogP contribution in [0, 0.1) is 0 Å². The van der Waals surface area contributed by atoms with Crippen molar-refractivity contribution in [3.05, 3.63) is 41.2 Å². The highest BCUT2D eigenvalue weighted by atomic mass is 32.1. The molecule has 8 heteroatoms. The van der Waals surface area contributed by atoms with Crippen LogP contribution in [0.25, 0.3) is 0 Å². The molecular weight excluding hydrogens is 386 g/mol. The minimum atomic E-state index is -0.130. The van der Waals surface area contributed by atoms with Gasteiger partial charge in [-0.15, -0.1) is 11.3 Å². The van der Waals surface area contributed by atoms with Gasteiger partial charge in [0.1, 0.15) is 0 Å². The van der Waals surface area contributed by atoms with Crippen molar-refractivity contribution in [2.45, 2.75) is 44.6 Å². The van der Waals surface area contributed by atoms with Gasteiger partial charge in [0.25, 0.3) is 0 Å². The minimum absolute atomic E-state index is 0.128. The largest absolute Gasteiger partial charge is 0.342 e. The molecule has 0 aliphatic carbocycles. The first-order chi connectivity index (χ1) is 14.2. The van der Waals surface area contributed by atoms with Crippen LogP contribution in [-0.4, -0.2) is 63.8 Å². The van der Waals surface area contributed by atoms with Crippen LogP contribution in [0.2, 0.25) is 0 Å². The molecule has 0 unspecified atom stereocenters. The van der Waals surface area contributed by atoms with Crippen molar-refractivity contribution in [3.8, 4) is 0 Å². The maximum Gasteiger partial charge on any atom is 0.230 e. The highest BCUT2D eigenvalue weighted by Gasteiger charge is 2.28. The topological polar surface area (TPSA) is 78.4 Å². The first kappa shape index (κ1) is 20.0. The van der Waals surface area contributed by atoms with Crippen LogP contribution < -0.4 is 5.32 Å². The molecule has 0 spiro atoms. The van der Waals surface area contributed by atoms with E-state index in [-0.39, 0.29) is 18.2 Å². The zero-order chi connectivity index (χ0) is 20.1. The number of piperidine rings is 1. The Morgan fingerprint density at radius 1 is 1.14 bits per heavy atom. The summed E-state index contributed by atoms with van der Waals surface area (Å²) in [6.45, 7) is 4.09. The molecule has 1 N–H and O–H groups in total. The smallest absolute Gasteiger partial charge is 0.230 e. The quantitative estimate of drug-likeness (QED) is 0.787. The number of aromatic nitrogens is 2. The SMILES string of the molecule is O=C(Cc1cccnc1)Nc1nc(CC(=O)N2CCC(N3CCCC3)CC2)cs1. The Balaban J connectivity index is 1.23. The summed E-state index contributed by atoms with van der Waals surface area (Å²) < 4.78 is 0. The summed E-state index contributed by atoms with van der Waals surface area (Å²) in [6, 6.07) is 4.32. The molecule has 4 heterocycles. The van der Waals surface area contributed by atoms with E-state index in [1.54, 1.807) is 12.4 Å². The molecule has 29 heavy (non-hydrogen) atoms. The van der Waals surface area contributed by atoms with E-state index >= 15 is 0 Å². The number of nitrogens with zero attached hydrogens (tertiary/aromatic N) is 4. The van der Waals surface area contributed by atoms with E-state index in [9.17, 15) is 9.59 Å². The predicted octanol–water partition coefficient (Wildman–Crippen LogP) is 2.35. The van der Waals surface area contributed by atoms with Gasteiger partial charge in [0.05, 0.1) is 18.5 Å². The second kappa shape index (κ2) is 9.45. The number of thiazole rings is 1. The first-order valence-corrected chi connectivity index (χ1v) is 11.2. The third-order valence-corrected chi connectivity index (χ3v) is 6.50. The lowest BCUT2D eigenvalue weighted by atomic mass is 10.0. The Morgan fingerprint density at radius 3 is 2.66 bits per heavy atom. The Bertz CT molecular complexity index is 827. The third kappa shape index (κ3) is 5.39. The van der Waals surface area contributed by atoms with Crippen LogP contribution in [0.5, 0.6) is 0 Å². The maximum atomic E-state index is 12.7. The van der Waals surface area contributed by atoms with E-state index in [0.29, 0.717) is 17.6 Å². The second-order valence-corrected chi connectivity index (χ2v) is 8.62. The molecule has 2 aliphatic rings. The number of likely N-dealkylation sites (tertiary alicyclic amines) is 2. The zero-order valence-corrected chi connectivity index (χ0v) is 17.4. The Hall–Kier alpha value is -2.32. The van der Waals surface area contributed by atoms with Gasteiger partial charge >= 0.3 is 0 Å². The molecule has 2 saturated heterocycles. The molecule has 2 fully saturated rings. The van der Waals surface area contributed by atoms with E-state index in [0.717, 1.165) is 37.2 Å². The Morgan fingerprint density at radius 2 is 1.93 bits per heavy atom. The lowest BCUT2D eigenvalue weighted by Crippen LogP contribution is -2.46. The molecular formula is C21H27N5O2S. The van der Waals surface area contributed by atoms with Crippen LogP contribution in [0.3, 0.4) is 0 Å². The summed E-state index contributed by atoms with van der Waals surface area (Å²) in [7, 11) is 0. The van der Waals surface area contributed by atoms with Crippen molar-refractivity contribution < 1.29 is 9.59 Å². The van der Waals surface area contributed by atoms with Gasteiger partial charge in [-0.05, 0) is 50.4 Å². The lowest BCUT2D eigenvalue weighted by Gasteiger charge is -2.36. The predicted molar refractivity (Wildman–Crippen MR) is 113 cm³/mol. The number of hydrogen-bond acceptors (Lipinski definition) is 6. The van der Waals surface area contributed by atoms with Gasteiger partial charge in [-0.2, -0.15) is 0 Å². The fraction of sp³-hybridized carbons (Fsp3) is 0.524. The van der Waals surface area contributed by atoms with Gasteiger partial charge in [-0.1, -0.05) is 6.07 Å². The zero-order valence-electron chi connectivity index (χ0n) is 16.5. The van der Waals surface area contributed by atoms with Crippen molar-refractivity contribution in [3.63, 3.8) is 0 Å². The molecule has 154 valence electrons. The van der Waals surface area contributed by atoms with Crippen molar-refractivity contribution in [2.75, 3.05) is 31.5 Å². The number of nitrogens with one attached hydrogen (secondary N) is 1. The van der Waals surface area contributed by atoms with Crippen LogP contribution in [0.15, 0.2) is 29.9 Å². The highest BCUT2D eigenvalue weighted by Crippen LogP contribution is 2.22. The van der Waals surface area contributed by atoms with E-state index in [4.69, 9.17) is 0 Å². The van der Waals surface area contributed by atoms with Crippen molar-refractivity contribution in [1.82, 2.24) is 19.8 Å². The molecule has 2 aliphatic heterocycles. The monoisotopic (exact) mass is 413 g/mol. The molecule has 2 aromatic heterocycles. The summed E-state index contributed by atoms with van der Waals surface area (Å²) in [4.78, 5) is 37.8. The molecule has 0 saturated carbocycles. The normalized spacial score (nSPS) is 18.1.